The van der Waals surface area contributed by atoms with Gasteiger partial charge in [0.2, 0.25) is 0 Å². The Morgan fingerprint density at radius 1 is 0.303 bits per heavy atom. The summed E-state index contributed by atoms with van der Waals surface area (Å²) < 4.78 is 16.9. The molecule has 384 valence electrons. The highest BCUT2D eigenvalue weighted by molar-refractivity contribution is 5.71. The standard InChI is InChI=1S/C60H108O6/c1-4-7-10-13-16-19-22-25-27-29-31-32-35-38-41-44-47-50-53-59(62)65-56-57(55-64-58(61)52-49-46-43-40-37-34-24-21-18-15-12-9-6-3)66-60(63)54-51-48-45-42-39-36-33-30-28-26-23-20-17-14-11-8-5-2/h12,15,19,21-22,24,27,29,57H,4-11,13-14,16-18,20,23,25-26,28,30-56H2,1-3H3/b15-12-,22-19-,24-21-,29-27-. The van der Waals surface area contributed by atoms with E-state index < -0.39 is 6.10 Å². The van der Waals surface area contributed by atoms with Gasteiger partial charge in [-0.15, -0.1) is 0 Å². The van der Waals surface area contributed by atoms with Crippen molar-refractivity contribution >= 4 is 17.9 Å². The predicted octanol–water partition coefficient (Wildman–Crippen LogP) is 19.0. The van der Waals surface area contributed by atoms with Crippen molar-refractivity contribution < 1.29 is 28.6 Å². The van der Waals surface area contributed by atoms with Gasteiger partial charge < -0.3 is 14.2 Å². The topological polar surface area (TPSA) is 78.9 Å². The zero-order valence-electron chi connectivity index (χ0n) is 44.0. The van der Waals surface area contributed by atoms with Crippen LogP contribution in [0.15, 0.2) is 48.6 Å². The Morgan fingerprint density at radius 2 is 0.576 bits per heavy atom. The molecular weight excluding hydrogens is 817 g/mol. The van der Waals surface area contributed by atoms with Crippen molar-refractivity contribution in [3.8, 4) is 0 Å². The molecule has 0 amide bonds. The van der Waals surface area contributed by atoms with Crippen LogP contribution in [0.4, 0.5) is 0 Å². The molecule has 0 aromatic heterocycles. The number of hydrogen-bond acceptors (Lipinski definition) is 6. The van der Waals surface area contributed by atoms with Crippen molar-refractivity contribution in [2.24, 2.45) is 0 Å². The Labute approximate surface area is 409 Å². The summed E-state index contributed by atoms with van der Waals surface area (Å²) >= 11 is 0. The van der Waals surface area contributed by atoms with E-state index in [1.165, 1.54) is 161 Å². The maximum Gasteiger partial charge on any atom is 0.306 e. The molecule has 1 atom stereocenters. The highest BCUT2D eigenvalue weighted by atomic mass is 16.6. The minimum Gasteiger partial charge on any atom is -0.462 e. The van der Waals surface area contributed by atoms with E-state index in [0.29, 0.717) is 19.3 Å². The molecule has 6 heteroatoms. The van der Waals surface area contributed by atoms with Gasteiger partial charge in [0.05, 0.1) is 0 Å². The molecule has 6 nitrogen and oxygen atoms in total. The van der Waals surface area contributed by atoms with Crippen molar-refractivity contribution in [1.29, 1.82) is 0 Å². The average molecular weight is 926 g/mol. The van der Waals surface area contributed by atoms with Crippen LogP contribution in [-0.4, -0.2) is 37.2 Å². The molecule has 0 aliphatic carbocycles. The monoisotopic (exact) mass is 925 g/mol. The molecule has 0 radical (unpaired) electrons. The largest absolute Gasteiger partial charge is 0.462 e. The summed E-state index contributed by atoms with van der Waals surface area (Å²) in [5.74, 6) is -0.886. The van der Waals surface area contributed by atoms with Gasteiger partial charge in [0.15, 0.2) is 6.10 Å². The number of allylic oxidation sites excluding steroid dienone is 8. The third-order valence-electron chi connectivity index (χ3n) is 12.5. The van der Waals surface area contributed by atoms with E-state index in [1.54, 1.807) is 0 Å². The Balaban J connectivity index is 4.36. The molecule has 0 bridgehead atoms. The molecule has 0 rings (SSSR count). The number of rotatable bonds is 52. The fourth-order valence-electron chi connectivity index (χ4n) is 8.22. The highest BCUT2D eigenvalue weighted by Crippen LogP contribution is 2.16. The van der Waals surface area contributed by atoms with Crippen LogP contribution in [0.3, 0.4) is 0 Å². The Kier molecular flexibility index (Phi) is 52.8. The lowest BCUT2D eigenvalue weighted by Gasteiger charge is -2.18. The maximum absolute atomic E-state index is 12.8. The van der Waals surface area contributed by atoms with Crippen molar-refractivity contribution in [2.45, 2.75) is 303 Å². The second-order valence-corrected chi connectivity index (χ2v) is 19.2. The molecule has 1 unspecified atom stereocenters. The van der Waals surface area contributed by atoms with E-state index in [2.05, 4.69) is 69.4 Å². The van der Waals surface area contributed by atoms with Gasteiger partial charge in [-0.2, -0.15) is 0 Å². The first-order valence-corrected chi connectivity index (χ1v) is 28.6. The molecule has 0 saturated heterocycles. The summed E-state index contributed by atoms with van der Waals surface area (Å²) in [6, 6.07) is 0. The van der Waals surface area contributed by atoms with Crippen LogP contribution in [0.2, 0.25) is 0 Å². The first-order chi connectivity index (χ1) is 32.5. The van der Waals surface area contributed by atoms with Crippen LogP contribution in [-0.2, 0) is 28.6 Å². The van der Waals surface area contributed by atoms with Crippen LogP contribution in [0.25, 0.3) is 0 Å². The minimum absolute atomic E-state index is 0.0792. The summed E-state index contributed by atoms with van der Waals surface area (Å²) in [5.41, 5.74) is 0. The number of unbranched alkanes of at least 4 members (excludes halogenated alkanes) is 33. The molecule has 0 N–H and O–H groups in total. The van der Waals surface area contributed by atoms with E-state index >= 15 is 0 Å². The predicted molar refractivity (Wildman–Crippen MR) is 284 cm³/mol. The zero-order valence-corrected chi connectivity index (χ0v) is 44.0. The van der Waals surface area contributed by atoms with Crippen LogP contribution < -0.4 is 0 Å². The van der Waals surface area contributed by atoms with Crippen LogP contribution in [0.5, 0.6) is 0 Å². The third-order valence-corrected chi connectivity index (χ3v) is 12.5. The molecule has 0 spiro atoms. The second-order valence-electron chi connectivity index (χ2n) is 19.2. The molecule has 0 aromatic carbocycles. The van der Waals surface area contributed by atoms with Crippen molar-refractivity contribution in [3.63, 3.8) is 0 Å². The normalized spacial score (nSPS) is 12.3. The van der Waals surface area contributed by atoms with E-state index in [0.717, 1.165) is 96.3 Å². The quantitative estimate of drug-likeness (QED) is 0.0262. The van der Waals surface area contributed by atoms with Gasteiger partial charge in [0.1, 0.15) is 13.2 Å². The van der Waals surface area contributed by atoms with Gasteiger partial charge in [0, 0.05) is 19.3 Å². The molecule has 0 saturated carbocycles. The lowest BCUT2D eigenvalue weighted by atomic mass is 10.0. The molecule has 0 aliphatic rings. The van der Waals surface area contributed by atoms with E-state index in [1.807, 2.05) is 0 Å². The minimum atomic E-state index is -0.780. The number of esters is 3. The van der Waals surface area contributed by atoms with Crippen LogP contribution in [0, 0.1) is 0 Å². The fourth-order valence-corrected chi connectivity index (χ4v) is 8.22. The summed E-state index contributed by atoms with van der Waals surface area (Å²) in [6.07, 6.45) is 66.7. The van der Waals surface area contributed by atoms with Crippen molar-refractivity contribution in [3.05, 3.63) is 48.6 Å². The van der Waals surface area contributed by atoms with E-state index in [9.17, 15) is 14.4 Å². The molecule has 0 aromatic rings. The Morgan fingerprint density at radius 3 is 0.909 bits per heavy atom. The number of carbonyl (C=O) groups excluding carboxylic acids is 3. The summed E-state index contributed by atoms with van der Waals surface area (Å²) in [6.45, 7) is 6.57. The average Bonchev–Trinajstić information content (AvgIpc) is 3.31. The lowest BCUT2D eigenvalue weighted by Crippen LogP contribution is -2.30. The van der Waals surface area contributed by atoms with Gasteiger partial charge in [-0.25, -0.2) is 0 Å². The summed E-state index contributed by atoms with van der Waals surface area (Å²) in [5, 5.41) is 0. The Hall–Kier alpha value is -2.63. The van der Waals surface area contributed by atoms with Crippen molar-refractivity contribution in [1.82, 2.24) is 0 Å². The lowest BCUT2D eigenvalue weighted by molar-refractivity contribution is -0.167. The second kappa shape index (κ2) is 55.0. The number of carbonyl (C=O) groups is 3. The number of ether oxygens (including phenoxy) is 3. The van der Waals surface area contributed by atoms with Gasteiger partial charge in [-0.1, -0.05) is 249 Å². The Bertz CT molecular complexity index is 1150. The molecule has 66 heavy (non-hydrogen) atoms. The first kappa shape index (κ1) is 63.4. The van der Waals surface area contributed by atoms with Crippen LogP contribution >= 0.6 is 0 Å². The molecule has 0 fully saturated rings. The van der Waals surface area contributed by atoms with Crippen LogP contribution in [0.1, 0.15) is 297 Å². The molecular formula is C60H108O6. The third kappa shape index (κ3) is 52.3. The smallest absolute Gasteiger partial charge is 0.306 e. The van der Waals surface area contributed by atoms with E-state index in [4.69, 9.17) is 14.2 Å². The SMILES string of the molecule is CCC/C=C\C/C=C\CCCCCCCC(=O)OCC(COC(=O)CCCCCCCCC/C=C\C/C=C\CCCCCC)OC(=O)CCCCCCCCCCCCCCCCCCC. The molecule has 0 aliphatic heterocycles. The summed E-state index contributed by atoms with van der Waals surface area (Å²) in [4.78, 5) is 38.1. The van der Waals surface area contributed by atoms with Gasteiger partial charge >= 0.3 is 17.9 Å². The van der Waals surface area contributed by atoms with E-state index in [-0.39, 0.29) is 31.1 Å². The van der Waals surface area contributed by atoms with Gasteiger partial charge in [-0.05, 0) is 77.0 Å². The first-order valence-electron chi connectivity index (χ1n) is 28.6. The van der Waals surface area contributed by atoms with Gasteiger partial charge in [0.25, 0.3) is 0 Å². The highest BCUT2D eigenvalue weighted by Gasteiger charge is 2.19. The summed E-state index contributed by atoms with van der Waals surface area (Å²) in [7, 11) is 0. The zero-order chi connectivity index (χ0) is 47.9. The van der Waals surface area contributed by atoms with Gasteiger partial charge in [-0.3, -0.25) is 14.4 Å². The fraction of sp³-hybridized carbons (Fsp3) is 0.817. The maximum atomic E-state index is 12.8. The molecule has 0 heterocycles. The number of hydrogen-bond donors (Lipinski definition) is 0. The van der Waals surface area contributed by atoms with Crippen molar-refractivity contribution in [2.75, 3.05) is 13.2 Å².